The summed E-state index contributed by atoms with van der Waals surface area (Å²) in [5.74, 6) is -0.458. The Hall–Kier alpha value is -1.14. The summed E-state index contributed by atoms with van der Waals surface area (Å²) in [6.45, 7) is 6.44. The topological polar surface area (TPSA) is 73.9 Å². The lowest BCUT2D eigenvalue weighted by Crippen LogP contribution is -2.37. The summed E-state index contributed by atoms with van der Waals surface area (Å²) >= 11 is 0. The first-order valence-corrected chi connectivity index (χ1v) is 12.3. The van der Waals surface area contributed by atoms with E-state index in [9.17, 15) is 9.59 Å². The first-order chi connectivity index (χ1) is 14.7. The van der Waals surface area contributed by atoms with Crippen molar-refractivity contribution in [1.82, 2.24) is 5.32 Å². The Balaban J connectivity index is 2.22. The molecule has 6 heteroatoms. The van der Waals surface area contributed by atoms with Crippen LogP contribution in [0.25, 0.3) is 0 Å². The monoisotopic (exact) mass is 427 g/mol. The van der Waals surface area contributed by atoms with Gasteiger partial charge in [0.2, 0.25) is 5.91 Å². The number of unbranched alkanes of at least 4 members (excludes halogenated alkanes) is 10. The van der Waals surface area contributed by atoms with Crippen molar-refractivity contribution in [2.75, 3.05) is 26.4 Å². The van der Waals surface area contributed by atoms with Gasteiger partial charge in [-0.1, -0.05) is 78.1 Å². The lowest BCUT2D eigenvalue weighted by molar-refractivity contribution is -0.152. The molecule has 0 aromatic heterocycles. The number of hydrogen-bond acceptors (Lipinski definition) is 5. The Morgan fingerprint density at radius 3 is 2.10 bits per heavy atom. The minimum absolute atomic E-state index is 0.0879. The van der Waals surface area contributed by atoms with E-state index in [1.165, 1.54) is 64.2 Å². The zero-order valence-corrected chi connectivity index (χ0v) is 19.4. The van der Waals surface area contributed by atoms with Gasteiger partial charge in [0.1, 0.15) is 18.8 Å². The highest BCUT2D eigenvalue weighted by Crippen LogP contribution is 2.10. The van der Waals surface area contributed by atoms with Gasteiger partial charge in [-0.25, -0.2) is 4.79 Å². The van der Waals surface area contributed by atoms with Crippen molar-refractivity contribution >= 4 is 11.9 Å². The van der Waals surface area contributed by atoms with E-state index in [0.29, 0.717) is 26.1 Å². The van der Waals surface area contributed by atoms with Crippen LogP contribution in [0.2, 0.25) is 0 Å². The maximum Gasteiger partial charge on any atom is 0.328 e. The predicted octanol–water partition coefficient (Wildman–Crippen LogP) is 4.93. The summed E-state index contributed by atoms with van der Waals surface area (Å²) < 4.78 is 17.2. The number of esters is 1. The average molecular weight is 428 g/mol. The van der Waals surface area contributed by atoms with Crippen molar-refractivity contribution in [3.63, 3.8) is 0 Å². The molecular weight excluding hydrogens is 382 g/mol. The highest BCUT2D eigenvalue weighted by atomic mass is 16.6. The van der Waals surface area contributed by atoms with E-state index in [0.717, 1.165) is 19.4 Å². The van der Waals surface area contributed by atoms with E-state index in [4.69, 9.17) is 14.2 Å². The van der Waals surface area contributed by atoms with Crippen LogP contribution in [0.5, 0.6) is 0 Å². The fourth-order valence-corrected chi connectivity index (χ4v) is 3.54. The second-order valence-electron chi connectivity index (χ2n) is 8.39. The molecule has 1 aliphatic heterocycles. The summed E-state index contributed by atoms with van der Waals surface area (Å²) in [7, 11) is 0. The summed E-state index contributed by atoms with van der Waals surface area (Å²) in [6.07, 6.45) is 15.3. The molecule has 1 saturated heterocycles. The molecule has 0 aliphatic carbocycles. The normalized spacial score (nSPS) is 17.1. The Bertz CT molecular complexity index is 443. The minimum Gasteiger partial charge on any atom is -0.461 e. The molecule has 1 rings (SSSR count). The molecule has 176 valence electrons. The highest BCUT2D eigenvalue weighted by molar-refractivity contribution is 5.88. The number of hydrogen-bond donors (Lipinski definition) is 1. The van der Waals surface area contributed by atoms with Gasteiger partial charge in [0.25, 0.3) is 0 Å². The molecule has 1 aliphatic rings. The number of amides is 1. The van der Waals surface area contributed by atoms with E-state index < -0.39 is 6.04 Å². The fraction of sp³-hybridized carbons (Fsp3) is 0.917. The van der Waals surface area contributed by atoms with Gasteiger partial charge in [-0.15, -0.1) is 0 Å². The molecule has 0 aromatic rings. The van der Waals surface area contributed by atoms with Gasteiger partial charge in [0, 0.05) is 19.6 Å². The van der Waals surface area contributed by atoms with E-state index in [-0.39, 0.29) is 24.6 Å². The second kappa shape index (κ2) is 18.6. The highest BCUT2D eigenvalue weighted by Gasteiger charge is 2.29. The smallest absolute Gasteiger partial charge is 0.328 e. The molecule has 0 spiro atoms. The van der Waals surface area contributed by atoms with Crippen LogP contribution in [0, 0.1) is 0 Å². The van der Waals surface area contributed by atoms with Gasteiger partial charge in [0.15, 0.2) is 0 Å². The largest absolute Gasteiger partial charge is 0.461 e. The molecule has 0 saturated carbocycles. The van der Waals surface area contributed by atoms with Crippen LogP contribution >= 0.6 is 0 Å². The number of carbonyl (C=O) groups excluding carboxylic acids is 2. The summed E-state index contributed by atoms with van der Waals surface area (Å²) in [5.41, 5.74) is 0. The molecule has 0 bridgehead atoms. The zero-order chi connectivity index (χ0) is 21.9. The van der Waals surface area contributed by atoms with Crippen molar-refractivity contribution in [1.29, 1.82) is 0 Å². The summed E-state index contributed by atoms with van der Waals surface area (Å²) in [6, 6.07) is -0.513. The van der Waals surface area contributed by atoms with Gasteiger partial charge in [0.05, 0.1) is 6.61 Å². The van der Waals surface area contributed by atoms with Crippen LogP contribution in [0.15, 0.2) is 0 Å². The van der Waals surface area contributed by atoms with E-state index in [1.54, 1.807) is 0 Å². The SMILES string of the molecule is CCCCCCCCOCC(COC(=O)[C@@H]1CCC(=O)N1)OCCCCCCCC. The number of rotatable bonds is 20. The molecule has 1 heterocycles. The van der Waals surface area contributed by atoms with Crippen LogP contribution in [-0.2, 0) is 23.8 Å². The maximum atomic E-state index is 12.1. The van der Waals surface area contributed by atoms with Crippen LogP contribution in [0.1, 0.15) is 104 Å². The van der Waals surface area contributed by atoms with E-state index in [2.05, 4.69) is 19.2 Å². The Kier molecular flexibility index (Phi) is 16.7. The molecule has 0 aromatic carbocycles. The lowest BCUT2D eigenvalue weighted by atomic mass is 10.1. The molecule has 1 unspecified atom stereocenters. The molecule has 6 nitrogen and oxygen atoms in total. The summed E-state index contributed by atoms with van der Waals surface area (Å²) in [4.78, 5) is 23.4. The molecule has 30 heavy (non-hydrogen) atoms. The Morgan fingerprint density at radius 1 is 0.900 bits per heavy atom. The minimum atomic E-state index is -0.513. The van der Waals surface area contributed by atoms with Crippen LogP contribution in [-0.4, -0.2) is 50.4 Å². The third-order valence-electron chi connectivity index (χ3n) is 5.49. The molecule has 0 radical (unpaired) electrons. The Morgan fingerprint density at radius 2 is 1.50 bits per heavy atom. The number of ether oxygens (including phenoxy) is 3. The van der Waals surface area contributed by atoms with Crippen LogP contribution in [0.4, 0.5) is 0 Å². The van der Waals surface area contributed by atoms with Gasteiger partial charge < -0.3 is 19.5 Å². The third-order valence-corrected chi connectivity index (χ3v) is 5.49. The zero-order valence-electron chi connectivity index (χ0n) is 19.4. The first-order valence-electron chi connectivity index (χ1n) is 12.3. The van der Waals surface area contributed by atoms with Crippen LogP contribution < -0.4 is 5.32 Å². The molecular formula is C24H45NO5. The molecule has 2 atom stereocenters. The number of carbonyl (C=O) groups is 2. The Labute approximate surface area is 183 Å². The van der Waals surface area contributed by atoms with E-state index in [1.807, 2.05) is 0 Å². The molecule has 1 amide bonds. The fourth-order valence-electron chi connectivity index (χ4n) is 3.54. The van der Waals surface area contributed by atoms with Crippen molar-refractivity contribution in [3.8, 4) is 0 Å². The van der Waals surface area contributed by atoms with Gasteiger partial charge in [-0.2, -0.15) is 0 Å². The van der Waals surface area contributed by atoms with Crippen molar-refractivity contribution in [2.24, 2.45) is 0 Å². The number of nitrogens with one attached hydrogen (secondary N) is 1. The van der Waals surface area contributed by atoms with Gasteiger partial charge >= 0.3 is 5.97 Å². The van der Waals surface area contributed by atoms with Crippen LogP contribution in [0.3, 0.4) is 0 Å². The average Bonchev–Trinajstić information content (AvgIpc) is 3.18. The van der Waals surface area contributed by atoms with Crippen molar-refractivity contribution in [2.45, 2.75) is 116 Å². The molecule has 1 fully saturated rings. The quantitative estimate of drug-likeness (QED) is 0.220. The first kappa shape index (κ1) is 26.9. The van der Waals surface area contributed by atoms with Gasteiger partial charge in [-0.05, 0) is 19.3 Å². The molecule has 1 N–H and O–H groups in total. The summed E-state index contributed by atoms with van der Waals surface area (Å²) in [5, 5.41) is 2.65. The maximum absolute atomic E-state index is 12.1. The predicted molar refractivity (Wildman–Crippen MR) is 119 cm³/mol. The van der Waals surface area contributed by atoms with Crippen molar-refractivity contribution in [3.05, 3.63) is 0 Å². The van der Waals surface area contributed by atoms with E-state index >= 15 is 0 Å². The second-order valence-corrected chi connectivity index (χ2v) is 8.39. The lowest BCUT2D eigenvalue weighted by Gasteiger charge is -2.19. The van der Waals surface area contributed by atoms with Crippen molar-refractivity contribution < 1.29 is 23.8 Å². The standard InChI is InChI=1S/C24H45NO5/c1-3-5-7-9-11-13-17-28-19-21(29-18-14-12-10-8-6-4-2)20-30-24(27)22-15-16-23(26)25-22/h21-22H,3-20H2,1-2H3,(H,25,26)/t21?,22-/m0/s1. The third kappa shape index (κ3) is 14.0. The van der Waals surface area contributed by atoms with Gasteiger partial charge in [-0.3, -0.25) is 4.79 Å².